The number of nitrogens with one attached hydrogen (secondary N) is 1. The van der Waals surface area contributed by atoms with Crippen molar-refractivity contribution >= 4 is 17.1 Å². The van der Waals surface area contributed by atoms with E-state index < -0.39 is 11.6 Å². The van der Waals surface area contributed by atoms with Gasteiger partial charge in [0, 0.05) is 6.04 Å². The minimum absolute atomic E-state index is 0.00993. The van der Waals surface area contributed by atoms with Gasteiger partial charge in [0.1, 0.15) is 11.3 Å². The van der Waals surface area contributed by atoms with Gasteiger partial charge in [0.05, 0.1) is 6.04 Å². The molecule has 0 aliphatic heterocycles. The lowest BCUT2D eigenvalue weighted by molar-refractivity contribution is -0.152. The maximum absolute atomic E-state index is 11.2. The topological polar surface area (TPSA) is 84.6 Å². The summed E-state index contributed by atoms with van der Waals surface area (Å²) in [7, 11) is 0. The van der Waals surface area contributed by atoms with Gasteiger partial charge in [-0.1, -0.05) is 31.2 Å². The highest BCUT2D eigenvalue weighted by Crippen LogP contribution is 2.26. The largest absolute Gasteiger partial charge is 0.478 e. The van der Waals surface area contributed by atoms with Gasteiger partial charge < -0.3 is 14.3 Å². The summed E-state index contributed by atoms with van der Waals surface area (Å²) in [6.07, 6.45) is 0.838. The lowest BCUT2D eigenvalue weighted by atomic mass is 10.1. The molecule has 0 aliphatic carbocycles. The van der Waals surface area contributed by atoms with E-state index in [2.05, 4.69) is 24.1 Å². The predicted molar refractivity (Wildman–Crippen MR) is 107 cm³/mol. The number of hydrogen-bond acceptors (Lipinski definition) is 5. The summed E-state index contributed by atoms with van der Waals surface area (Å²) in [6, 6.07) is 15.2. The van der Waals surface area contributed by atoms with Crippen molar-refractivity contribution in [3.63, 3.8) is 0 Å². The minimum Gasteiger partial charge on any atom is -0.478 e. The van der Waals surface area contributed by atoms with Gasteiger partial charge in [0.15, 0.2) is 11.2 Å². The van der Waals surface area contributed by atoms with Crippen LogP contribution in [0, 0.1) is 0 Å². The lowest BCUT2D eigenvalue weighted by Gasteiger charge is -2.23. The first-order chi connectivity index (χ1) is 13.3. The highest BCUT2D eigenvalue weighted by molar-refractivity contribution is 5.76. The molecule has 28 heavy (non-hydrogen) atoms. The van der Waals surface area contributed by atoms with Gasteiger partial charge in [-0.3, -0.25) is 5.32 Å². The van der Waals surface area contributed by atoms with Crippen molar-refractivity contribution in [2.24, 2.45) is 0 Å². The molecule has 1 aromatic heterocycles. The number of aliphatic carboxylic acids is 1. The Labute approximate surface area is 164 Å². The Balaban J connectivity index is 1.70. The number of oxazole rings is 1. The van der Waals surface area contributed by atoms with E-state index in [9.17, 15) is 9.90 Å². The maximum atomic E-state index is 11.2. The number of carboxylic acid groups (broad SMARTS) is 1. The van der Waals surface area contributed by atoms with Gasteiger partial charge in [-0.25, -0.2) is 9.78 Å². The molecule has 0 saturated heterocycles. The zero-order valence-corrected chi connectivity index (χ0v) is 16.6. The van der Waals surface area contributed by atoms with Gasteiger partial charge in [0.2, 0.25) is 5.89 Å². The third kappa shape index (κ3) is 4.34. The molecule has 2 unspecified atom stereocenters. The third-order valence-corrected chi connectivity index (χ3v) is 4.74. The molecule has 2 aromatic carbocycles. The maximum Gasteiger partial charge on any atom is 0.347 e. The van der Waals surface area contributed by atoms with Crippen LogP contribution in [0.4, 0.5) is 0 Å². The molecule has 0 bridgehead atoms. The van der Waals surface area contributed by atoms with Crippen molar-refractivity contribution < 1.29 is 19.1 Å². The second-order valence-electron chi connectivity index (χ2n) is 7.36. The van der Waals surface area contributed by atoms with Crippen LogP contribution in [-0.2, 0) is 4.79 Å². The Kier molecular flexibility index (Phi) is 5.70. The molecule has 2 N–H and O–H groups in total. The van der Waals surface area contributed by atoms with Crippen molar-refractivity contribution in [3.05, 3.63) is 60.0 Å². The van der Waals surface area contributed by atoms with Crippen LogP contribution in [-0.4, -0.2) is 21.7 Å². The molecule has 6 nitrogen and oxygen atoms in total. The van der Waals surface area contributed by atoms with Crippen molar-refractivity contribution in [1.29, 1.82) is 0 Å². The van der Waals surface area contributed by atoms with E-state index in [0.29, 0.717) is 11.6 Å². The van der Waals surface area contributed by atoms with Crippen molar-refractivity contribution in [2.75, 3.05) is 0 Å². The Morgan fingerprint density at radius 3 is 2.50 bits per heavy atom. The fourth-order valence-electron chi connectivity index (χ4n) is 2.96. The van der Waals surface area contributed by atoms with E-state index in [1.165, 1.54) is 13.8 Å². The molecule has 6 heteroatoms. The van der Waals surface area contributed by atoms with Gasteiger partial charge in [-0.15, -0.1) is 0 Å². The van der Waals surface area contributed by atoms with E-state index >= 15 is 0 Å². The molecule has 0 radical (unpaired) electrons. The van der Waals surface area contributed by atoms with Crippen molar-refractivity contribution in [3.8, 4) is 5.75 Å². The van der Waals surface area contributed by atoms with E-state index in [1.807, 2.05) is 36.4 Å². The first-order valence-corrected chi connectivity index (χ1v) is 9.44. The Bertz CT molecular complexity index is 914. The summed E-state index contributed by atoms with van der Waals surface area (Å²) >= 11 is 0. The fraction of sp³-hybridized carbons (Fsp3) is 0.364. The van der Waals surface area contributed by atoms with Crippen LogP contribution < -0.4 is 10.1 Å². The summed E-state index contributed by atoms with van der Waals surface area (Å²) in [5.74, 6) is 0.198. The zero-order chi connectivity index (χ0) is 20.3. The summed E-state index contributed by atoms with van der Waals surface area (Å²) in [4.78, 5) is 15.8. The summed E-state index contributed by atoms with van der Waals surface area (Å²) < 4.78 is 11.5. The number of ether oxygens (including phenoxy) is 1. The highest BCUT2D eigenvalue weighted by atomic mass is 16.5. The molecule has 2 atom stereocenters. The summed E-state index contributed by atoms with van der Waals surface area (Å²) in [6.45, 7) is 7.21. The van der Waals surface area contributed by atoms with Crippen molar-refractivity contribution in [2.45, 2.75) is 51.8 Å². The zero-order valence-electron chi connectivity index (χ0n) is 16.6. The molecular formula is C22H26N2O4. The van der Waals surface area contributed by atoms with Crippen LogP contribution in [0.2, 0.25) is 0 Å². The standard InChI is InChI=1S/C22H26N2O4/c1-5-17(20-24-18-8-6-7-9-19(18)27-20)23-14(2)15-10-12-16(13-11-15)28-22(3,4)21(25)26/h6-14,17,23H,5H2,1-4H3,(H,25,26). The normalized spacial score (nSPS) is 14.0. The molecular weight excluding hydrogens is 356 g/mol. The Morgan fingerprint density at radius 2 is 1.89 bits per heavy atom. The number of benzene rings is 2. The summed E-state index contributed by atoms with van der Waals surface area (Å²) in [5, 5.41) is 12.7. The highest BCUT2D eigenvalue weighted by Gasteiger charge is 2.29. The second kappa shape index (κ2) is 8.02. The van der Waals surface area contributed by atoms with Crippen LogP contribution in [0.25, 0.3) is 11.1 Å². The smallest absolute Gasteiger partial charge is 0.347 e. The van der Waals surface area contributed by atoms with Gasteiger partial charge in [-0.05, 0) is 57.0 Å². The monoisotopic (exact) mass is 382 g/mol. The number of hydrogen-bond donors (Lipinski definition) is 2. The molecule has 0 fully saturated rings. The minimum atomic E-state index is -1.27. The van der Waals surface area contributed by atoms with Crippen LogP contribution in [0.3, 0.4) is 0 Å². The van der Waals surface area contributed by atoms with E-state index in [1.54, 1.807) is 12.1 Å². The number of aromatic nitrogens is 1. The SMILES string of the molecule is CCC(NC(C)c1ccc(OC(C)(C)C(=O)O)cc1)c1nc2ccccc2o1. The number of carboxylic acids is 1. The number of fused-ring (bicyclic) bond motifs is 1. The van der Waals surface area contributed by atoms with Crippen LogP contribution in [0.1, 0.15) is 57.7 Å². The van der Waals surface area contributed by atoms with E-state index in [-0.39, 0.29) is 12.1 Å². The first kappa shape index (κ1) is 19.9. The first-order valence-electron chi connectivity index (χ1n) is 9.44. The van der Waals surface area contributed by atoms with E-state index in [0.717, 1.165) is 23.1 Å². The number of nitrogens with zero attached hydrogens (tertiary/aromatic N) is 1. The molecule has 0 aliphatic rings. The second-order valence-corrected chi connectivity index (χ2v) is 7.36. The Morgan fingerprint density at radius 1 is 1.21 bits per heavy atom. The van der Waals surface area contributed by atoms with Crippen LogP contribution >= 0.6 is 0 Å². The third-order valence-electron chi connectivity index (χ3n) is 4.74. The average Bonchev–Trinajstić information content (AvgIpc) is 3.10. The quantitative estimate of drug-likeness (QED) is 0.578. The van der Waals surface area contributed by atoms with Gasteiger partial charge >= 0.3 is 5.97 Å². The van der Waals surface area contributed by atoms with Crippen LogP contribution in [0.5, 0.6) is 5.75 Å². The summed E-state index contributed by atoms with van der Waals surface area (Å²) in [5.41, 5.74) is 1.43. The van der Waals surface area contributed by atoms with E-state index in [4.69, 9.17) is 9.15 Å². The number of rotatable bonds is 8. The fourth-order valence-corrected chi connectivity index (χ4v) is 2.96. The Hall–Kier alpha value is -2.86. The molecule has 3 rings (SSSR count). The number of para-hydroxylation sites is 2. The van der Waals surface area contributed by atoms with Gasteiger partial charge in [0.25, 0.3) is 0 Å². The molecule has 0 amide bonds. The van der Waals surface area contributed by atoms with Crippen molar-refractivity contribution in [1.82, 2.24) is 10.3 Å². The van der Waals surface area contributed by atoms with Crippen LogP contribution in [0.15, 0.2) is 52.9 Å². The average molecular weight is 382 g/mol. The molecule has 148 valence electrons. The molecule has 1 heterocycles. The lowest BCUT2D eigenvalue weighted by Crippen LogP contribution is -2.37. The number of carbonyl (C=O) groups is 1. The molecule has 0 spiro atoms. The molecule has 3 aromatic rings. The molecule has 0 saturated carbocycles. The predicted octanol–water partition coefficient (Wildman–Crippen LogP) is 4.87. The van der Waals surface area contributed by atoms with Gasteiger partial charge in [-0.2, -0.15) is 0 Å².